The van der Waals surface area contributed by atoms with Crippen molar-refractivity contribution in [2.75, 3.05) is 10.6 Å². The Hall–Kier alpha value is -3.68. The first-order valence-corrected chi connectivity index (χ1v) is 9.03. The number of aromatic amines is 1. The smallest absolute Gasteiger partial charge is 0.247 e. The van der Waals surface area contributed by atoms with E-state index in [4.69, 9.17) is 0 Å². The van der Waals surface area contributed by atoms with Gasteiger partial charge in [0.1, 0.15) is 11.9 Å². The molecule has 3 rings (SSSR count). The molecule has 2 aromatic carbocycles. The first kappa shape index (κ1) is 20.1. The molecule has 1 atom stereocenters. The number of para-hydroxylation sites is 1. The number of halogens is 1. The zero-order chi connectivity index (χ0) is 21.0. The van der Waals surface area contributed by atoms with Gasteiger partial charge in [-0.15, -0.1) is 0 Å². The standard InChI is InChI=1S/C21H21FN4O3/c1-12(27)24-19-10-15(7-8-17(19)22)26-21(29)20(25-13(2)28)9-14-11-23-18-6-4-3-5-16(14)18/h3-8,10-11,20,23H,9H2,1-2H3,(H,24,27)(H,25,28)(H,26,29). The molecule has 8 heteroatoms. The molecule has 0 aliphatic carbocycles. The number of fused-ring (bicyclic) bond motifs is 1. The number of hydrogen-bond acceptors (Lipinski definition) is 3. The molecule has 0 bridgehead atoms. The first-order valence-electron chi connectivity index (χ1n) is 9.03. The summed E-state index contributed by atoms with van der Waals surface area (Å²) >= 11 is 0. The van der Waals surface area contributed by atoms with E-state index in [0.717, 1.165) is 22.5 Å². The maximum atomic E-state index is 13.8. The maximum absolute atomic E-state index is 13.8. The van der Waals surface area contributed by atoms with Gasteiger partial charge in [-0.25, -0.2) is 4.39 Å². The minimum Gasteiger partial charge on any atom is -0.361 e. The highest BCUT2D eigenvalue weighted by molar-refractivity contribution is 5.98. The number of nitrogens with one attached hydrogen (secondary N) is 4. The molecule has 4 N–H and O–H groups in total. The van der Waals surface area contributed by atoms with Gasteiger partial charge in [-0.05, 0) is 29.8 Å². The molecular formula is C21H21FN4O3. The fourth-order valence-corrected chi connectivity index (χ4v) is 3.09. The van der Waals surface area contributed by atoms with Crippen molar-refractivity contribution >= 4 is 40.0 Å². The Morgan fingerprint density at radius 3 is 2.52 bits per heavy atom. The van der Waals surface area contributed by atoms with Gasteiger partial charge in [0.15, 0.2) is 0 Å². The van der Waals surface area contributed by atoms with Crippen molar-refractivity contribution in [1.82, 2.24) is 10.3 Å². The minimum absolute atomic E-state index is 0.0389. The Kier molecular flexibility index (Phi) is 5.92. The molecule has 1 unspecified atom stereocenters. The Bertz CT molecular complexity index is 1080. The van der Waals surface area contributed by atoms with Gasteiger partial charge in [0.05, 0.1) is 5.69 Å². The number of amides is 3. The van der Waals surface area contributed by atoms with Crippen LogP contribution in [0.15, 0.2) is 48.7 Å². The quantitative estimate of drug-likeness (QED) is 0.515. The SMILES string of the molecule is CC(=O)Nc1cc(NC(=O)C(Cc2c[nH]c3ccccc23)NC(C)=O)ccc1F. The number of rotatable bonds is 6. The van der Waals surface area contributed by atoms with E-state index < -0.39 is 23.7 Å². The summed E-state index contributed by atoms with van der Waals surface area (Å²) in [6.07, 6.45) is 2.08. The number of carbonyl (C=O) groups is 3. The van der Waals surface area contributed by atoms with Crippen LogP contribution in [0.25, 0.3) is 10.9 Å². The topological polar surface area (TPSA) is 103 Å². The lowest BCUT2D eigenvalue weighted by Crippen LogP contribution is -2.44. The van der Waals surface area contributed by atoms with Crippen molar-refractivity contribution in [3.05, 3.63) is 60.0 Å². The van der Waals surface area contributed by atoms with E-state index in [0.29, 0.717) is 5.69 Å². The van der Waals surface area contributed by atoms with Crippen molar-refractivity contribution in [3.8, 4) is 0 Å². The second kappa shape index (κ2) is 8.55. The monoisotopic (exact) mass is 396 g/mol. The van der Waals surface area contributed by atoms with Crippen LogP contribution in [0.1, 0.15) is 19.4 Å². The highest BCUT2D eigenvalue weighted by Gasteiger charge is 2.22. The van der Waals surface area contributed by atoms with E-state index in [-0.39, 0.29) is 18.0 Å². The maximum Gasteiger partial charge on any atom is 0.247 e. The van der Waals surface area contributed by atoms with Crippen LogP contribution in [0.4, 0.5) is 15.8 Å². The summed E-state index contributed by atoms with van der Waals surface area (Å²) in [6.45, 7) is 2.60. The fraction of sp³-hybridized carbons (Fsp3) is 0.190. The second-order valence-electron chi connectivity index (χ2n) is 6.68. The third-order valence-electron chi connectivity index (χ3n) is 4.34. The van der Waals surface area contributed by atoms with E-state index in [2.05, 4.69) is 20.9 Å². The zero-order valence-electron chi connectivity index (χ0n) is 16.0. The van der Waals surface area contributed by atoms with Crippen LogP contribution in [0.5, 0.6) is 0 Å². The predicted octanol–water partition coefficient (Wildman–Crippen LogP) is 2.95. The molecule has 1 heterocycles. The molecule has 150 valence electrons. The molecule has 7 nitrogen and oxygen atoms in total. The number of aromatic nitrogens is 1. The molecule has 0 spiro atoms. The van der Waals surface area contributed by atoms with Gasteiger partial charge in [0.2, 0.25) is 17.7 Å². The normalized spacial score (nSPS) is 11.7. The number of anilines is 2. The van der Waals surface area contributed by atoms with Gasteiger partial charge >= 0.3 is 0 Å². The van der Waals surface area contributed by atoms with Crippen LogP contribution in [0, 0.1) is 5.82 Å². The summed E-state index contributed by atoms with van der Waals surface area (Å²) in [4.78, 5) is 38.8. The van der Waals surface area contributed by atoms with Crippen molar-refractivity contribution in [2.45, 2.75) is 26.3 Å². The summed E-state index contributed by atoms with van der Waals surface area (Å²) in [5, 5.41) is 8.65. The molecule has 0 saturated carbocycles. The van der Waals surface area contributed by atoms with Crippen molar-refractivity contribution < 1.29 is 18.8 Å². The van der Waals surface area contributed by atoms with Crippen LogP contribution >= 0.6 is 0 Å². The largest absolute Gasteiger partial charge is 0.361 e. The summed E-state index contributed by atoms with van der Waals surface area (Å²) < 4.78 is 13.8. The van der Waals surface area contributed by atoms with Gasteiger partial charge in [-0.3, -0.25) is 14.4 Å². The van der Waals surface area contributed by atoms with E-state index >= 15 is 0 Å². The Morgan fingerprint density at radius 2 is 1.79 bits per heavy atom. The third kappa shape index (κ3) is 4.98. The van der Waals surface area contributed by atoms with Gasteiger partial charge < -0.3 is 20.9 Å². The molecule has 0 saturated heterocycles. The first-order chi connectivity index (χ1) is 13.8. The average molecular weight is 396 g/mol. The lowest BCUT2D eigenvalue weighted by Gasteiger charge is -2.18. The Balaban J connectivity index is 1.81. The Morgan fingerprint density at radius 1 is 1.03 bits per heavy atom. The summed E-state index contributed by atoms with van der Waals surface area (Å²) in [6, 6.07) is 10.7. The van der Waals surface area contributed by atoms with Crippen molar-refractivity contribution in [1.29, 1.82) is 0 Å². The predicted molar refractivity (Wildman–Crippen MR) is 109 cm³/mol. The van der Waals surface area contributed by atoms with Crippen molar-refractivity contribution in [2.24, 2.45) is 0 Å². The molecule has 3 amide bonds. The number of carbonyl (C=O) groups excluding carboxylic acids is 3. The molecule has 29 heavy (non-hydrogen) atoms. The summed E-state index contributed by atoms with van der Waals surface area (Å²) in [7, 11) is 0. The number of benzene rings is 2. The molecular weight excluding hydrogens is 375 g/mol. The highest BCUT2D eigenvalue weighted by Crippen LogP contribution is 2.22. The van der Waals surface area contributed by atoms with Gasteiger partial charge in [-0.2, -0.15) is 0 Å². The van der Waals surface area contributed by atoms with E-state index in [1.165, 1.54) is 26.0 Å². The van der Waals surface area contributed by atoms with Crippen LogP contribution in [0.3, 0.4) is 0 Å². The molecule has 3 aromatic rings. The fourth-order valence-electron chi connectivity index (χ4n) is 3.09. The lowest BCUT2D eigenvalue weighted by molar-refractivity contribution is -0.125. The van der Waals surface area contributed by atoms with Crippen LogP contribution in [0.2, 0.25) is 0 Å². The van der Waals surface area contributed by atoms with Crippen LogP contribution < -0.4 is 16.0 Å². The van der Waals surface area contributed by atoms with E-state index in [1.54, 1.807) is 6.20 Å². The summed E-state index contributed by atoms with van der Waals surface area (Å²) in [5.74, 6) is -1.84. The van der Waals surface area contributed by atoms with Gasteiger partial charge in [0, 0.05) is 43.1 Å². The second-order valence-corrected chi connectivity index (χ2v) is 6.68. The highest BCUT2D eigenvalue weighted by atomic mass is 19.1. The minimum atomic E-state index is -0.832. The average Bonchev–Trinajstić information content (AvgIpc) is 3.06. The molecule has 1 aromatic heterocycles. The van der Waals surface area contributed by atoms with Crippen LogP contribution in [-0.4, -0.2) is 28.7 Å². The number of H-pyrrole nitrogens is 1. The molecule has 0 aliphatic heterocycles. The van der Waals surface area contributed by atoms with Crippen LogP contribution in [-0.2, 0) is 20.8 Å². The molecule has 0 fully saturated rings. The third-order valence-corrected chi connectivity index (χ3v) is 4.34. The molecule has 0 aliphatic rings. The van der Waals surface area contributed by atoms with Crippen molar-refractivity contribution in [3.63, 3.8) is 0 Å². The zero-order valence-corrected chi connectivity index (χ0v) is 16.0. The van der Waals surface area contributed by atoms with Gasteiger partial charge in [-0.1, -0.05) is 18.2 Å². The van der Waals surface area contributed by atoms with Gasteiger partial charge in [0.25, 0.3) is 0 Å². The lowest BCUT2D eigenvalue weighted by atomic mass is 10.0. The molecule has 0 radical (unpaired) electrons. The number of hydrogen-bond donors (Lipinski definition) is 4. The summed E-state index contributed by atoms with van der Waals surface area (Å²) in [5.41, 5.74) is 2.08. The van der Waals surface area contributed by atoms with E-state index in [9.17, 15) is 18.8 Å². The Labute approximate surface area is 166 Å². The van der Waals surface area contributed by atoms with E-state index in [1.807, 2.05) is 24.3 Å².